The van der Waals surface area contributed by atoms with E-state index >= 15 is 0 Å². The van der Waals surface area contributed by atoms with Crippen molar-refractivity contribution in [2.24, 2.45) is 0 Å². The van der Waals surface area contributed by atoms with Crippen LogP contribution in [-0.2, 0) is 4.79 Å². The Morgan fingerprint density at radius 3 is 2.65 bits per heavy atom. The molecule has 2 aliphatic heterocycles. The maximum atomic E-state index is 12.0. The number of β-amino-alcohol motifs (C(OH)–C–C–N with tert-alkyl or cyclic N) is 1. The summed E-state index contributed by atoms with van der Waals surface area (Å²) in [7, 11) is 0. The Bertz CT molecular complexity index is 363. The van der Waals surface area contributed by atoms with Crippen LogP contribution in [-0.4, -0.2) is 88.4 Å². The number of aliphatic hydroxyl groups excluding tert-OH is 1. The molecule has 0 bridgehead atoms. The molecule has 0 radical (unpaired) electrons. The van der Waals surface area contributed by atoms with Crippen LogP contribution in [0.25, 0.3) is 0 Å². The molecule has 2 rings (SSSR count). The number of carboxylic acid groups (broad SMARTS) is 1. The zero-order valence-corrected chi connectivity index (χ0v) is 12.1. The number of nitrogens with zero attached hydrogens (tertiary/aromatic N) is 2. The van der Waals surface area contributed by atoms with E-state index in [0.29, 0.717) is 6.54 Å². The highest BCUT2D eigenvalue weighted by Gasteiger charge is 2.38. The van der Waals surface area contributed by atoms with Gasteiger partial charge in [0.05, 0.1) is 6.10 Å². The summed E-state index contributed by atoms with van der Waals surface area (Å²) >= 11 is 1.93. The van der Waals surface area contributed by atoms with Gasteiger partial charge in [-0.2, -0.15) is 11.8 Å². The van der Waals surface area contributed by atoms with Gasteiger partial charge in [-0.25, -0.2) is 9.59 Å². The first-order valence-electron chi connectivity index (χ1n) is 6.83. The minimum atomic E-state index is -1.07. The van der Waals surface area contributed by atoms with E-state index in [1.165, 1.54) is 4.90 Å². The lowest BCUT2D eigenvalue weighted by atomic mass is 10.2. The highest BCUT2D eigenvalue weighted by Crippen LogP contribution is 2.18. The van der Waals surface area contributed by atoms with Crippen LogP contribution in [0.15, 0.2) is 0 Å². The van der Waals surface area contributed by atoms with Crippen molar-refractivity contribution in [3.05, 3.63) is 0 Å². The van der Waals surface area contributed by atoms with Crippen molar-refractivity contribution in [1.29, 1.82) is 0 Å². The van der Waals surface area contributed by atoms with E-state index in [0.717, 1.165) is 31.1 Å². The Morgan fingerprint density at radius 2 is 2.00 bits per heavy atom. The van der Waals surface area contributed by atoms with Crippen LogP contribution in [0.2, 0.25) is 0 Å². The number of aliphatic carboxylic acids is 1. The Labute approximate surface area is 122 Å². The lowest BCUT2D eigenvalue weighted by molar-refractivity contribution is -0.141. The molecule has 0 saturated carbocycles. The lowest BCUT2D eigenvalue weighted by Crippen LogP contribution is -2.48. The van der Waals surface area contributed by atoms with Crippen LogP contribution >= 0.6 is 11.8 Å². The first kappa shape index (κ1) is 15.4. The van der Waals surface area contributed by atoms with E-state index in [2.05, 4.69) is 10.2 Å². The molecular formula is C12H21N3O4S. The maximum Gasteiger partial charge on any atom is 0.326 e. The fourth-order valence-electron chi connectivity index (χ4n) is 2.52. The number of thioether (sulfide) groups is 1. The van der Waals surface area contributed by atoms with Gasteiger partial charge in [0, 0.05) is 50.7 Å². The molecule has 0 aromatic heterocycles. The normalized spacial score (nSPS) is 27.6. The van der Waals surface area contributed by atoms with Gasteiger partial charge >= 0.3 is 12.0 Å². The molecule has 20 heavy (non-hydrogen) atoms. The van der Waals surface area contributed by atoms with E-state index in [1.807, 2.05) is 11.8 Å². The molecule has 2 amide bonds. The van der Waals surface area contributed by atoms with Crippen molar-refractivity contribution in [1.82, 2.24) is 15.1 Å². The van der Waals surface area contributed by atoms with E-state index in [-0.39, 0.29) is 13.0 Å². The summed E-state index contributed by atoms with van der Waals surface area (Å²) in [6.07, 6.45) is -0.646. The fraction of sp³-hybridized carbons (Fsp3) is 0.833. The number of likely N-dealkylation sites (tertiary alicyclic amines) is 1. The summed E-state index contributed by atoms with van der Waals surface area (Å²) in [5, 5.41) is 21.3. The summed E-state index contributed by atoms with van der Waals surface area (Å²) in [4.78, 5) is 26.5. The molecule has 2 aliphatic rings. The van der Waals surface area contributed by atoms with Crippen LogP contribution in [0, 0.1) is 0 Å². The second-order valence-electron chi connectivity index (χ2n) is 5.08. The summed E-state index contributed by atoms with van der Waals surface area (Å²) in [6, 6.07) is -1.32. The van der Waals surface area contributed by atoms with E-state index in [1.54, 1.807) is 0 Å². The molecule has 2 saturated heterocycles. The summed E-state index contributed by atoms with van der Waals surface area (Å²) in [5.74, 6) is 1.17. The van der Waals surface area contributed by atoms with Crippen LogP contribution in [0.3, 0.4) is 0 Å². The van der Waals surface area contributed by atoms with Crippen molar-refractivity contribution in [2.75, 3.05) is 44.2 Å². The number of carbonyl (C=O) groups excluding carboxylic acids is 1. The number of amides is 2. The number of aliphatic hydroxyl groups is 1. The van der Waals surface area contributed by atoms with Gasteiger partial charge in [0.1, 0.15) is 6.04 Å². The molecule has 3 N–H and O–H groups in total. The smallest absolute Gasteiger partial charge is 0.326 e. The average molecular weight is 303 g/mol. The molecule has 114 valence electrons. The number of nitrogens with one attached hydrogen (secondary N) is 1. The van der Waals surface area contributed by atoms with Crippen LogP contribution in [0.5, 0.6) is 0 Å². The molecule has 8 heteroatoms. The Kier molecular flexibility index (Phi) is 5.50. The molecule has 2 atom stereocenters. The third-order valence-corrected chi connectivity index (χ3v) is 4.58. The minimum Gasteiger partial charge on any atom is -0.480 e. The van der Waals surface area contributed by atoms with E-state index in [4.69, 9.17) is 5.11 Å². The van der Waals surface area contributed by atoms with Crippen molar-refractivity contribution >= 4 is 23.8 Å². The number of carboxylic acids is 1. The molecule has 0 aliphatic carbocycles. The second kappa shape index (κ2) is 7.14. The average Bonchev–Trinajstić information content (AvgIpc) is 2.82. The first-order valence-corrected chi connectivity index (χ1v) is 7.99. The third-order valence-electron chi connectivity index (χ3n) is 3.63. The third kappa shape index (κ3) is 4.00. The summed E-state index contributed by atoms with van der Waals surface area (Å²) < 4.78 is 0. The number of hydrogen-bond acceptors (Lipinski definition) is 5. The van der Waals surface area contributed by atoms with Crippen LogP contribution in [0.4, 0.5) is 4.79 Å². The lowest BCUT2D eigenvalue weighted by Gasteiger charge is -2.27. The molecule has 0 unspecified atom stereocenters. The monoisotopic (exact) mass is 303 g/mol. The number of hydrogen-bond donors (Lipinski definition) is 3. The maximum absolute atomic E-state index is 12.0. The van der Waals surface area contributed by atoms with Crippen molar-refractivity contribution < 1.29 is 19.8 Å². The Balaban J connectivity index is 1.74. The van der Waals surface area contributed by atoms with Crippen molar-refractivity contribution in [3.8, 4) is 0 Å². The van der Waals surface area contributed by atoms with Crippen molar-refractivity contribution in [3.63, 3.8) is 0 Å². The van der Waals surface area contributed by atoms with Crippen molar-refractivity contribution in [2.45, 2.75) is 18.6 Å². The summed E-state index contributed by atoms with van der Waals surface area (Å²) in [5.41, 5.74) is 0. The topological polar surface area (TPSA) is 93.1 Å². The molecule has 2 fully saturated rings. The van der Waals surface area contributed by atoms with Crippen LogP contribution < -0.4 is 5.32 Å². The summed E-state index contributed by atoms with van der Waals surface area (Å²) in [6.45, 7) is 3.42. The highest BCUT2D eigenvalue weighted by molar-refractivity contribution is 7.99. The standard InChI is InChI=1S/C12H21N3O4S/c16-9-7-10(11(17)18)15(8-9)12(19)13-1-2-14-3-5-20-6-4-14/h9-10,16H,1-8H2,(H,13,19)(H,17,18)/t9-,10+/m1/s1. The quantitative estimate of drug-likeness (QED) is 0.634. The SMILES string of the molecule is O=C(O)[C@@H]1C[C@@H](O)CN1C(=O)NCCN1CCSCC1. The number of rotatable bonds is 4. The minimum absolute atomic E-state index is 0.0865. The first-order chi connectivity index (χ1) is 9.58. The zero-order chi connectivity index (χ0) is 14.5. The molecule has 0 spiro atoms. The second-order valence-corrected chi connectivity index (χ2v) is 6.31. The van der Waals surface area contributed by atoms with E-state index in [9.17, 15) is 14.7 Å². The van der Waals surface area contributed by atoms with Gasteiger partial charge in [-0.15, -0.1) is 0 Å². The van der Waals surface area contributed by atoms with Gasteiger partial charge in [-0.3, -0.25) is 4.90 Å². The molecule has 2 heterocycles. The zero-order valence-electron chi connectivity index (χ0n) is 11.3. The van der Waals surface area contributed by atoms with Gasteiger partial charge < -0.3 is 20.4 Å². The number of carbonyl (C=O) groups is 2. The molecular weight excluding hydrogens is 282 g/mol. The highest BCUT2D eigenvalue weighted by atomic mass is 32.2. The molecule has 7 nitrogen and oxygen atoms in total. The predicted octanol–water partition coefficient (Wildman–Crippen LogP) is -0.735. The number of urea groups is 1. The fourth-order valence-corrected chi connectivity index (χ4v) is 3.50. The largest absolute Gasteiger partial charge is 0.480 e. The van der Waals surface area contributed by atoms with Gasteiger partial charge in [0.25, 0.3) is 0 Å². The predicted molar refractivity (Wildman–Crippen MR) is 75.9 cm³/mol. The Hall–Kier alpha value is -0.990. The molecule has 0 aromatic rings. The van der Waals surface area contributed by atoms with E-state index < -0.39 is 24.1 Å². The van der Waals surface area contributed by atoms with Gasteiger partial charge in [-0.1, -0.05) is 0 Å². The van der Waals surface area contributed by atoms with Gasteiger partial charge in [0.2, 0.25) is 0 Å². The van der Waals surface area contributed by atoms with Gasteiger partial charge in [0.15, 0.2) is 0 Å². The Morgan fingerprint density at radius 1 is 1.30 bits per heavy atom. The molecule has 0 aromatic carbocycles. The van der Waals surface area contributed by atoms with Crippen LogP contribution in [0.1, 0.15) is 6.42 Å². The van der Waals surface area contributed by atoms with Gasteiger partial charge in [-0.05, 0) is 0 Å².